The lowest BCUT2D eigenvalue weighted by molar-refractivity contribution is -0.0245. The van der Waals surface area contributed by atoms with Gasteiger partial charge in [0, 0.05) is 6.42 Å². The van der Waals surface area contributed by atoms with Gasteiger partial charge in [0.1, 0.15) is 17.0 Å². The van der Waals surface area contributed by atoms with Crippen molar-refractivity contribution in [3.63, 3.8) is 0 Å². The third-order valence-electron chi connectivity index (χ3n) is 2.98. The molecule has 0 saturated carbocycles. The minimum absolute atomic E-state index is 0.200. The first-order valence-corrected chi connectivity index (χ1v) is 5.59. The van der Waals surface area contributed by atoms with Gasteiger partial charge in [-0.15, -0.1) is 0 Å². The van der Waals surface area contributed by atoms with Gasteiger partial charge in [-0.25, -0.2) is 0 Å². The Labute approximate surface area is 96.6 Å². The Morgan fingerprint density at radius 3 is 2.38 bits per heavy atom. The van der Waals surface area contributed by atoms with Crippen LogP contribution in [0.15, 0.2) is 42.2 Å². The topological polar surface area (TPSA) is 29.5 Å². The van der Waals surface area contributed by atoms with Crippen LogP contribution in [0.25, 0.3) is 0 Å². The molecule has 0 aliphatic carbocycles. The number of ether oxygens (including phenoxy) is 1. The molecule has 0 bridgehead atoms. The molecule has 1 N–H and O–H groups in total. The molecule has 1 aromatic rings. The van der Waals surface area contributed by atoms with Gasteiger partial charge >= 0.3 is 0 Å². The lowest BCUT2D eigenvalue weighted by atomic mass is 9.94. The predicted octanol–water partition coefficient (Wildman–Crippen LogP) is 2.98. The van der Waals surface area contributed by atoms with E-state index < -0.39 is 5.60 Å². The number of hydrogen-bond acceptors (Lipinski definition) is 2. The van der Waals surface area contributed by atoms with Crippen LogP contribution in [0.4, 0.5) is 0 Å². The normalized spacial score (nSPS) is 22.1. The zero-order chi connectivity index (χ0) is 11.8. The Morgan fingerprint density at radius 1 is 1.25 bits per heavy atom. The highest BCUT2D eigenvalue weighted by atomic mass is 16.5. The summed E-state index contributed by atoms with van der Waals surface area (Å²) in [5, 5.41) is 10.5. The monoisotopic (exact) mass is 218 g/mol. The summed E-state index contributed by atoms with van der Waals surface area (Å²) in [4.78, 5) is 0. The number of aliphatic hydroxyl groups is 1. The summed E-state index contributed by atoms with van der Waals surface area (Å²) < 4.78 is 5.78. The van der Waals surface area contributed by atoms with Gasteiger partial charge in [-0.3, -0.25) is 0 Å². The van der Waals surface area contributed by atoms with Crippen LogP contribution in [0.3, 0.4) is 0 Å². The Bertz CT molecular complexity index is 402. The molecule has 0 radical (unpaired) electrons. The van der Waals surface area contributed by atoms with E-state index in [1.165, 1.54) is 0 Å². The molecule has 2 nitrogen and oxygen atoms in total. The van der Waals surface area contributed by atoms with Crippen molar-refractivity contribution in [1.82, 2.24) is 0 Å². The zero-order valence-electron chi connectivity index (χ0n) is 10.0. The summed E-state index contributed by atoms with van der Waals surface area (Å²) >= 11 is 0. The molecule has 16 heavy (non-hydrogen) atoms. The molecule has 0 aromatic heterocycles. The Kier molecular flexibility index (Phi) is 2.55. The van der Waals surface area contributed by atoms with Crippen LogP contribution >= 0.6 is 0 Å². The third-order valence-corrected chi connectivity index (χ3v) is 2.98. The smallest absolute Gasteiger partial charge is 0.143 e. The summed E-state index contributed by atoms with van der Waals surface area (Å²) in [6.07, 6.45) is 2.82. The van der Waals surface area contributed by atoms with Gasteiger partial charge in [0.15, 0.2) is 0 Å². The Balaban J connectivity index is 2.28. The van der Waals surface area contributed by atoms with Crippen molar-refractivity contribution in [2.24, 2.45) is 0 Å². The maximum atomic E-state index is 10.5. The van der Waals surface area contributed by atoms with Crippen LogP contribution in [-0.4, -0.2) is 10.7 Å². The average Bonchev–Trinajstić information content (AvgIpc) is 2.61. The predicted molar refractivity (Wildman–Crippen MR) is 63.9 cm³/mol. The van der Waals surface area contributed by atoms with E-state index in [1.54, 1.807) is 6.92 Å². The quantitative estimate of drug-likeness (QED) is 0.827. The van der Waals surface area contributed by atoms with Gasteiger partial charge in [0.2, 0.25) is 0 Å². The fourth-order valence-corrected chi connectivity index (χ4v) is 1.92. The first-order valence-electron chi connectivity index (χ1n) is 5.59. The van der Waals surface area contributed by atoms with E-state index in [1.807, 2.05) is 50.3 Å². The molecule has 0 spiro atoms. The van der Waals surface area contributed by atoms with Gasteiger partial charge in [-0.05, 0) is 32.4 Å². The summed E-state index contributed by atoms with van der Waals surface area (Å²) in [5.41, 5.74) is -0.373. The maximum absolute atomic E-state index is 10.5. The third kappa shape index (κ3) is 1.98. The van der Waals surface area contributed by atoms with Gasteiger partial charge in [-0.1, -0.05) is 30.3 Å². The van der Waals surface area contributed by atoms with E-state index in [0.29, 0.717) is 5.76 Å². The van der Waals surface area contributed by atoms with Crippen molar-refractivity contribution >= 4 is 0 Å². The number of hydrogen-bond donors (Lipinski definition) is 1. The highest BCUT2D eigenvalue weighted by Crippen LogP contribution is 2.38. The van der Waals surface area contributed by atoms with E-state index in [2.05, 4.69) is 0 Å². The molecule has 2 heteroatoms. The molecule has 2 rings (SSSR count). The molecular formula is C14H18O2. The van der Waals surface area contributed by atoms with Crippen LogP contribution in [-0.2, 0) is 10.3 Å². The second-order valence-corrected chi connectivity index (χ2v) is 5.07. The molecule has 1 aromatic carbocycles. The molecule has 1 aliphatic rings. The van der Waals surface area contributed by atoms with Crippen molar-refractivity contribution in [3.8, 4) is 0 Å². The van der Waals surface area contributed by atoms with E-state index >= 15 is 0 Å². The van der Waals surface area contributed by atoms with Crippen molar-refractivity contribution in [3.05, 3.63) is 47.7 Å². The summed E-state index contributed by atoms with van der Waals surface area (Å²) in [5.74, 6) is 0.656. The molecule has 1 heterocycles. The molecular weight excluding hydrogens is 200 g/mol. The van der Waals surface area contributed by atoms with E-state index in [-0.39, 0.29) is 5.60 Å². The van der Waals surface area contributed by atoms with Crippen molar-refractivity contribution < 1.29 is 9.84 Å². The lowest BCUT2D eigenvalue weighted by Crippen LogP contribution is -2.28. The second-order valence-electron chi connectivity index (χ2n) is 5.07. The maximum Gasteiger partial charge on any atom is 0.143 e. The Hall–Kier alpha value is -1.28. The standard InChI is InChI=1S/C14H18O2/c1-13(2)10-9-12(16-13)14(3,15)11-7-5-4-6-8-11/h4-9,15H,10H2,1-3H3. The largest absolute Gasteiger partial charge is 0.489 e. The van der Waals surface area contributed by atoms with Crippen molar-refractivity contribution in [1.29, 1.82) is 0 Å². The average molecular weight is 218 g/mol. The second kappa shape index (κ2) is 3.63. The van der Waals surface area contributed by atoms with Gasteiger partial charge in [0.05, 0.1) is 0 Å². The first kappa shape index (κ1) is 11.2. The fraction of sp³-hybridized carbons (Fsp3) is 0.429. The van der Waals surface area contributed by atoms with Crippen LogP contribution in [0, 0.1) is 0 Å². The minimum Gasteiger partial charge on any atom is -0.489 e. The van der Waals surface area contributed by atoms with Crippen LogP contribution in [0.2, 0.25) is 0 Å². The van der Waals surface area contributed by atoms with Crippen LogP contribution < -0.4 is 0 Å². The van der Waals surface area contributed by atoms with Crippen molar-refractivity contribution in [2.45, 2.75) is 38.4 Å². The molecule has 1 atom stereocenters. The van der Waals surface area contributed by atoms with Crippen molar-refractivity contribution in [2.75, 3.05) is 0 Å². The van der Waals surface area contributed by atoms with E-state index in [9.17, 15) is 5.11 Å². The molecule has 0 amide bonds. The molecule has 0 saturated heterocycles. The number of benzene rings is 1. The fourth-order valence-electron chi connectivity index (χ4n) is 1.92. The minimum atomic E-state index is -1.03. The summed E-state index contributed by atoms with van der Waals surface area (Å²) in [6, 6.07) is 9.60. The highest BCUT2D eigenvalue weighted by Gasteiger charge is 2.37. The molecule has 0 fully saturated rings. The number of rotatable bonds is 2. The Morgan fingerprint density at radius 2 is 1.88 bits per heavy atom. The van der Waals surface area contributed by atoms with Crippen LogP contribution in [0.5, 0.6) is 0 Å². The van der Waals surface area contributed by atoms with Gasteiger partial charge in [-0.2, -0.15) is 0 Å². The molecule has 86 valence electrons. The van der Waals surface area contributed by atoms with Crippen LogP contribution in [0.1, 0.15) is 32.8 Å². The lowest BCUT2D eigenvalue weighted by Gasteiger charge is -2.29. The molecule has 1 unspecified atom stereocenters. The van der Waals surface area contributed by atoms with Gasteiger partial charge < -0.3 is 9.84 Å². The SMILES string of the molecule is CC1(C)CC=C(C(C)(O)c2ccccc2)O1. The summed E-state index contributed by atoms with van der Waals surface area (Å²) in [7, 11) is 0. The van der Waals surface area contributed by atoms with E-state index in [0.717, 1.165) is 12.0 Å². The first-order chi connectivity index (χ1) is 7.42. The summed E-state index contributed by atoms with van der Waals surface area (Å²) in [6.45, 7) is 5.82. The molecule has 1 aliphatic heterocycles. The van der Waals surface area contributed by atoms with E-state index in [4.69, 9.17) is 4.74 Å². The highest BCUT2D eigenvalue weighted by molar-refractivity contribution is 5.30. The van der Waals surface area contributed by atoms with Gasteiger partial charge in [0.25, 0.3) is 0 Å². The zero-order valence-corrected chi connectivity index (χ0v) is 10.0.